The molecule has 1 aliphatic rings. The second-order valence-corrected chi connectivity index (χ2v) is 9.42. The number of hydrogen-bond acceptors (Lipinski definition) is 3. The third kappa shape index (κ3) is 4.15. The molecule has 0 aromatic heterocycles. The standard InChI is InChI=1S/C24H24N2O3S/c1-18-9-10-20(17-23(18)19-7-3-2-4-8-19)24(27)25-21-11-13-22(14-12-21)30(28,29)26-15-5-6-16-26/h2-4,7-14,17H,5-6,15-16H2,1H3,(H,25,27). The minimum Gasteiger partial charge on any atom is -0.322 e. The zero-order valence-corrected chi connectivity index (χ0v) is 17.7. The first-order valence-corrected chi connectivity index (χ1v) is 11.5. The molecule has 1 aliphatic heterocycles. The van der Waals surface area contributed by atoms with Gasteiger partial charge in [-0.2, -0.15) is 4.31 Å². The molecule has 5 nitrogen and oxygen atoms in total. The first-order valence-electron chi connectivity index (χ1n) is 10.0. The second kappa shape index (κ2) is 8.42. The van der Waals surface area contributed by atoms with Gasteiger partial charge in [-0.25, -0.2) is 8.42 Å². The molecule has 3 aromatic rings. The highest BCUT2D eigenvalue weighted by molar-refractivity contribution is 7.89. The van der Waals surface area contributed by atoms with E-state index in [0.717, 1.165) is 29.5 Å². The Morgan fingerprint density at radius 1 is 0.900 bits per heavy atom. The SMILES string of the molecule is Cc1ccc(C(=O)Nc2ccc(S(=O)(=O)N3CCCC3)cc2)cc1-c1ccccc1. The summed E-state index contributed by atoms with van der Waals surface area (Å²) in [6, 6.07) is 21.9. The molecule has 0 unspecified atom stereocenters. The van der Waals surface area contributed by atoms with Crippen molar-refractivity contribution < 1.29 is 13.2 Å². The van der Waals surface area contributed by atoms with Crippen molar-refractivity contribution >= 4 is 21.6 Å². The highest BCUT2D eigenvalue weighted by atomic mass is 32.2. The highest BCUT2D eigenvalue weighted by Crippen LogP contribution is 2.26. The number of carbonyl (C=O) groups excluding carboxylic acids is 1. The molecule has 0 bridgehead atoms. The molecule has 0 radical (unpaired) electrons. The third-order valence-electron chi connectivity index (χ3n) is 5.40. The number of rotatable bonds is 5. The van der Waals surface area contributed by atoms with E-state index in [9.17, 15) is 13.2 Å². The van der Waals surface area contributed by atoms with Gasteiger partial charge >= 0.3 is 0 Å². The summed E-state index contributed by atoms with van der Waals surface area (Å²) in [7, 11) is -3.46. The molecule has 0 aliphatic carbocycles. The first-order chi connectivity index (χ1) is 14.4. The molecule has 1 fully saturated rings. The van der Waals surface area contributed by atoms with E-state index in [2.05, 4.69) is 5.32 Å². The molecule has 0 atom stereocenters. The van der Waals surface area contributed by atoms with Crippen molar-refractivity contribution in [2.75, 3.05) is 18.4 Å². The smallest absolute Gasteiger partial charge is 0.255 e. The van der Waals surface area contributed by atoms with Crippen molar-refractivity contribution in [1.82, 2.24) is 4.31 Å². The van der Waals surface area contributed by atoms with E-state index >= 15 is 0 Å². The molecular weight excluding hydrogens is 396 g/mol. The summed E-state index contributed by atoms with van der Waals surface area (Å²) in [5.74, 6) is -0.234. The third-order valence-corrected chi connectivity index (χ3v) is 7.31. The Morgan fingerprint density at radius 3 is 2.23 bits per heavy atom. The summed E-state index contributed by atoms with van der Waals surface area (Å²) < 4.78 is 26.8. The number of sulfonamides is 1. The Bertz CT molecular complexity index is 1150. The molecule has 3 aromatic carbocycles. The predicted molar refractivity (Wildman–Crippen MR) is 119 cm³/mol. The van der Waals surface area contributed by atoms with Crippen molar-refractivity contribution in [3.8, 4) is 11.1 Å². The highest BCUT2D eigenvalue weighted by Gasteiger charge is 2.26. The van der Waals surface area contributed by atoms with Gasteiger partial charge in [-0.15, -0.1) is 0 Å². The van der Waals surface area contributed by atoms with Gasteiger partial charge in [0.25, 0.3) is 5.91 Å². The number of aryl methyl sites for hydroxylation is 1. The summed E-state index contributed by atoms with van der Waals surface area (Å²) >= 11 is 0. The summed E-state index contributed by atoms with van der Waals surface area (Å²) in [4.78, 5) is 13.0. The van der Waals surface area contributed by atoms with Gasteiger partial charge in [-0.05, 0) is 72.9 Å². The van der Waals surface area contributed by atoms with E-state index in [1.807, 2.05) is 49.4 Å². The van der Waals surface area contributed by atoms with Gasteiger partial charge in [0.1, 0.15) is 0 Å². The van der Waals surface area contributed by atoms with Gasteiger partial charge in [-0.1, -0.05) is 36.4 Å². The summed E-state index contributed by atoms with van der Waals surface area (Å²) in [5, 5.41) is 2.86. The fourth-order valence-electron chi connectivity index (χ4n) is 3.68. The van der Waals surface area contributed by atoms with Crippen molar-refractivity contribution in [3.63, 3.8) is 0 Å². The minimum atomic E-state index is -3.46. The van der Waals surface area contributed by atoms with Crippen molar-refractivity contribution in [2.45, 2.75) is 24.7 Å². The molecule has 0 spiro atoms. The maximum absolute atomic E-state index is 12.8. The van der Waals surface area contributed by atoms with Crippen molar-refractivity contribution in [1.29, 1.82) is 0 Å². The van der Waals surface area contributed by atoms with Crippen LogP contribution in [0.3, 0.4) is 0 Å². The Kier molecular flexibility index (Phi) is 5.70. The van der Waals surface area contributed by atoms with E-state index in [-0.39, 0.29) is 10.8 Å². The lowest BCUT2D eigenvalue weighted by molar-refractivity contribution is 0.102. The average Bonchev–Trinajstić information content (AvgIpc) is 3.31. The van der Waals surface area contributed by atoms with Crippen LogP contribution in [-0.2, 0) is 10.0 Å². The topological polar surface area (TPSA) is 66.5 Å². The van der Waals surface area contributed by atoms with Gasteiger partial charge in [0.2, 0.25) is 10.0 Å². The number of anilines is 1. The van der Waals surface area contributed by atoms with Crippen LogP contribution in [0.1, 0.15) is 28.8 Å². The zero-order chi connectivity index (χ0) is 21.1. The maximum Gasteiger partial charge on any atom is 0.255 e. The van der Waals surface area contributed by atoms with E-state index < -0.39 is 10.0 Å². The Labute approximate surface area is 177 Å². The molecule has 1 amide bonds. The van der Waals surface area contributed by atoms with Gasteiger partial charge in [0.15, 0.2) is 0 Å². The first kappa shape index (κ1) is 20.3. The predicted octanol–water partition coefficient (Wildman–Crippen LogP) is 4.70. The number of nitrogens with one attached hydrogen (secondary N) is 1. The van der Waals surface area contributed by atoms with Crippen LogP contribution >= 0.6 is 0 Å². The molecule has 30 heavy (non-hydrogen) atoms. The summed E-state index contributed by atoms with van der Waals surface area (Å²) in [5.41, 5.74) is 4.26. The Balaban J connectivity index is 1.52. The molecule has 1 N–H and O–H groups in total. The number of benzene rings is 3. The van der Waals surface area contributed by atoms with Crippen LogP contribution < -0.4 is 5.32 Å². The van der Waals surface area contributed by atoms with Crippen LogP contribution in [0.25, 0.3) is 11.1 Å². The number of amides is 1. The minimum absolute atomic E-state index is 0.234. The molecule has 154 valence electrons. The lowest BCUT2D eigenvalue weighted by Gasteiger charge is -2.15. The fraction of sp³-hybridized carbons (Fsp3) is 0.208. The second-order valence-electron chi connectivity index (χ2n) is 7.49. The van der Waals surface area contributed by atoms with Crippen LogP contribution in [0.5, 0.6) is 0 Å². The van der Waals surface area contributed by atoms with Crippen molar-refractivity contribution in [2.24, 2.45) is 0 Å². The van der Waals surface area contributed by atoms with E-state index in [0.29, 0.717) is 24.3 Å². The summed E-state index contributed by atoms with van der Waals surface area (Å²) in [6.07, 6.45) is 1.80. The van der Waals surface area contributed by atoms with Gasteiger partial charge in [0, 0.05) is 24.3 Å². The molecule has 6 heteroatoms. The van der Waals surface area contributed by atoms with Crippen molar-refractivity contribution in [3.05, 3.63) is 83.9 Å². The van der Waals surface area contributed by atoms with E-state index in [4.69, 9.17) is 0 Å². The Morgan fingerprint density at radius 2 is 1.57 bits per heavy atom. The molecule has 4 rings (SSSR count). The number of carbonyl (C=O) groups is 1. The molecule has 0 saturated carbocycles. The van der Waals surface area contributed by atoms with Crippen LogP contribution in [0, 0.1) is 6.92 Å². The van der Waals surface area contributed by atoms with Gasteiger partial charge in [-0.3, -0.25) is 4.79 Å². The molecule has 1 saturated heterocycles. The Hall–Kier alpha value is -2.96. The van der Waals surface area contributed by atoms with Crippen LogP contribution in [0.4, 0.5) is 5.69 Å². The van der Waals surface area contributed by atoms with Gasteiger partial charge < -0.3 is 5.32 Å². The lowest BCUT2D eigenvalue weighted by Crippen LogP contribution is -2.27. The van der Waals surface area contributed by atoms with Crippen LogP contribution in [0.15, 0.2) is 77.7 Å². The number of nitrogens with zero attached hydrogens (tertiary/aromatic N) is 1. The van der Waals surface area contributed by atoms with Crippen LogP contribution in [-0.4, -0.2) is 31.7 Å². The lowest BCUT2D eigenvalue weighted by atomic mass is 9.98. The van der Waals surface area contributed by atoms with Crippen LogP contribution in [0.2, 0.25) is 0 Å². The largest absolute Gasteiger partial charge is 0.322 e. The quantitative estimate of drug-likeness (QED) is 0.651. The molecule has 1 heterocycles. The normalized spacial score (nSPS) is 14.6. The van der Waals surface area contributed by atoms with Gasteiger partial charge in [0.05, 0.1) is 4.90 Å². The molecular formula is C24H24N2O3S. The average molecular weight is 421 g/mol. The maximum atomic E-state index is 12.8. The summed E-state index contributed by atoms with van der Waals surface area (Å²) in [6.45, 7) is 3.15. The van der Waals surface area contributed by atoms with E-state index in [1.165, 1.54) is 4.31 Å². The zero-order valence-electron chi connectivity index (χ0n) is 16.8. The van der Waals surface area contributed by atoms with E-state index in [1.54, 1.807) is 30.3 Å². The fourth-order valence-corrected chi connectivity index (χ4v) is 5.20. The number of hydrogen-bond donors (Lipinski definition) is 1. The monoisotopic (exact) mass is 420 g/mol.